The third-order valence-electron chi connectivity index (χ3n) is 7.93. The van der Waals surface area contributed by atoms with E-state index >= 15 is 0 Å². The van der Waals surface area contributed by atoms with Crippen molar-refractivity contribution >= 4 is 5.97 Å². The summed E-state index contributed by atoms with van der Waals surface area (Å²) in [5, 5.41) is 79.8. The number of rotatable bonds is 22. The van der Waals surface area contributed by atoms with Crippen LogP contribution in [0.15, 0.2) is 36.5 Å². The highest BCUT2D eigenvalue weighted by Crippen LogP contribution is 2.25. The molecule has 0 aromatic rings. The van der Waals surface area contributed by atoms with Crippen LogP contribution in [0.1, 0.15) is 71.1 Å². The molecular formula is C33H56O14. The molecule has 2 rings (SSSR count). The number of aliphatic hydroxyl groups is 8. The van der Waals surface area contributed by atoms with Crippen molar-refractivity contribution in [3.05, 3.63) is 36.5 Å². The molecule has 2 aliphatic heterocycles. The summed E-state index contributed by atoms with van der Waals surface area (Å²) in [6, 6.07) is 0. The Labute approximate surface area is 276 Å². The Balaban J connectivity index is 1.78. The van der Waals surface area contributed by atoms with Gasteiger partial charge in [0.15, 0.2) is 12.6 Å². The molecule has 2 heterocycles. The van der Waals surface area contributed by atoms with E-state index in [9.17, 15) is 45.6 Å². The zero-order valence-corrected chi connectivity index (χ0v) is 27.2. The second-order valence-electron chi connectivity index (χ2n) is 11.8. The first-order valence-corrected chi connectivity index (χ1v) is 16.6. The number of allylic oxidation sites excluding steroid dienone is 6. The number of hydrogen-bond acceptors (Lipinski definition) is 14. The summed E-state index contributed by atoms with van der Waals surface area (Å²) in [4.78, 5) is 12.5. The number of esters is 1. The monoisotopic (exact) mass is 676 g/mol. The lowest BCUT2D eigenvalue weighted by Crippen LogP contribution is -2.60. The highest BCUT2D eigenvalue weighted by molar-refractivity contribution is 5.69. The maximum absolute atomic E-state index is 12.5. The van der Waals surface area contributed by atoms with Crippen molar-refractivity contribution in [2.75, 3.05) is 26.4 Å². The second kappa shape index (κ2) is 23.5. The summed E-state index contributed by atoms with van der Waals surface area (Å²) >= 11 is 0. The van der Waals surface area contributed by atoms with Crippen LogP contribution in [0.4, 0.5) is 0 Å². The predicted octanol–water partition coefficient (Wildman–Crippen LogP) is 0.121. The minimum Gasteiger partial charge on any atom is -0.463 e. The molecule has 14 heteroatoms. The van der Waals surface area contributed by atoms with Gasteiger partial charge >= 0.3 is 5.97 Å². The lowest BCUT2D eigenvalue weighted by molar-refractivity contribution is -0.330. The van der Waals surface area contributed by atoms with Gasteiger partial charge in [-0.2, -0.15) is 0 Å². The molecule has 2 saturated heterocycles. The second-order valence-corrected chi connectivity index (χ2v) is 11.8. The van der Waals surface area contributed by atoms with E-state index in [-0.39, 0.29) is 6.42 Å². The molecule has 2 fully saturated rings. The van der Waals surface area contributed by atoms with E-state index in [0.717, 1.165) is 51.4 Å². The van der Waals surface area contributed by atoms with Crippen molar-refractivity contribution in [2.24, 2.45) is 0 Å². The van der Waals surface area contributed by atoms with Crippen LogP contribution in [0.25, 0.3) is 0 Å². The molecule has 0 radical (unpaired) electrons. The van der Waals surface area contributed by atoms with Gasteiger partial charge in [0, 0.05) is 6.42 Å². The van der Waals surface area contributed by atoms with Crippen molar-refractivity contribution in [3.8, 4) is 0 Å². The van der Waals surface area contributed by atoms with E-state index in [4.69, 9.17) is 23.7 Å². The minimum atomic E-state index is -1.73. The van der Waals surface area contributed by atoms with E-state index in [1.165, 1.54) is 0 Å². The van der Waals surface area contributed by atoms with E-state index in [1.807, 2.05) is 0 Å². The summed E-state index contributed by atoms with van der Waals surface area (Å²) in [5.41, 5.74) is 0. The predicted molar refractivity (Wildman–Crippen MR) is 169 cm³/mol. The van der Waals surface area contributed by atoms with Crippen LogP contribution >= 0.6 is 0 Å². The van der Waals surface area contributed by atoms with Gasteiger partial charge in [-0.1, -0.05) is 62.6 Å². The first-order valence-electron chi connectivity index (χ1n) is 16.6. The molecule has 0 aromatic carbocycles. The molecule has 272 valence electrons. The zero-order chi connectivity index (χ0) is 34.6. The van der Waals surface area contributed by atoms with E-state index in [1.54, 1.807) is 0 Å². The van der Waals surface area contributed by atoms with Crippen LogP contribution in [0.3, 0.4) is 0 Å². The fraction of sp³-hybridized carbons (Fsp3) is 0.788. The largest absolute Gasteiger partial charge is 0.463 e. The van der Waals surface area contributed by atoms with Crippen molar-refractivity contribution in [3.63, 3.8) is 0 Å². The highest BCUT2D eigenvalue weighted by atomic mass is 16.7. The number of unbranched alkanes of at least 4 members (excludes halogenated alkanes) is 5. The van der Waals surface area contributed by atoms with Gasteiger partial charge in [0.1, 0.15) is 61.5 Å². The standard InChI is InChI=1S/C33H56O14/c1-2-3-4-5-6-7-8-9-10-11-12-13-14-15-16-17-25(36)43-20-22(45-33-31(42)29(40)27(38)24(19-35)47-33)21-44-32-30(41)28(39)26(37)23(18-34)46-32/h3-4,6-7,9-10,22-24,26-35,37-42H,2,5,8,11-21H2,1H3/b4-3-,7-6-,10-9?/t22?,23-,24+,26+,27-,28-,29+,30-,31+,32+,33+/m1/s1. The SMILES string of the molecule is CC/C=C\C/C=C\CC=CCCCCCCCC(=O)OCC(CO[C@H]1O[C@H](CO)[C@H](O)[C@@H](O)[C@H]1O)O[C@H]1O[C@@H](CO)[C@@H](O)[C@H](O)[C@@H]1O. The first kappa shape index (κ1) is 41.4. The maximum Gasteiger partial charge on any atom is 0.305 e. The summed E-state index contributed by atoms with van der Waals surface area (Å²) in [5.74, 6) is -0.513. The number of hydrogen-bond donors (Lipinski definition) is 8. The van der Waals surface area contributed by atoms with Gasteiger partial charge in [-0.15, -0.1) is 0 Å². The van der Waals surface area contributed by atoms with Gasteiger partial charge < -0.3 is 64.5 Å². The normalized spacial score (nSPS) is 32.4. The van der Waals surface area contributed by atoms with Gasteiger partial charge in [0.25, 0.3) is 0 Å². The molecule has 0 bridgehead atoms. The van der Waals surface area contributed by atoms with Crippen LogP contribution < -0.4 is 0 Å². The molecule has 0 amide bonds. The van der Waals surface area contributed by atoms with Crippen molar-refractivity contribution in [2.45, 2.75) is 139 Å². The molecule has 14 nitrogen and oxygen atoms in total. The zero-order valence-electron chi connectivity index (χ0n) is 27.2. The lowest BCUT2D eigenvalue weighted by atomic mass is 9.99. The number of carbonyl (C=O) groups excluding carboxylic acids is 1. The Morgan fingerprint density at radius 1 is 0.660 bits per heavy atom. The smallest absolute Gasteiger partial charge is 0.305 e. The molecule has 8 N–H and O–H groups in total. The molecule has 0 spiro atoms. The average Bonchev–Trinajstić information content (AvgIpc) is 3.07. The van der Waals surface area contributed by atoms with Crippen molar-refractivity contribution < 1.29 is 69.3 Å². The van der Waals surface area contributed by atoms with Crippen LogP contribution in [-0.2, 0) is 28.5 Å². The molecule has 0 aliphatic carbocycles. The Morgan fingerprint density at radius 2 is 1.19 bits per heavy atom. The van der Waals surface area contributed by atoms with Crippen LogP contribution in [0.2, 0.25) is 0 Å². The molecule has 2 aliphatic rings. The number of ether oxygens (including phenoxy) is 5. The van der Waals surface area contributed by atoms with Gasteiger partial charge in [-0.05, 0) is 38.5 Å². The van der Waals surface area contributed by atoms with E-state index in [2.05, 4.69) is 43.4 Å². The summed E-state index contributed by atoms with van der Waals surface area (Å²) < 4.78 is 27.3. The molecular weight excluding hydrogens is 620 g/mol. The molecule has 0 saturated carbocycles. The molecule has 1 unspecified atom stereocenters. The average molecular weight is 677 g/mol. The van der Waals surface area contributed by atoms with E-state index in [0.29, 0.717) is 6.42 Å². The van der Waals surface area contributed by atoms with Gasteiger partial charge in [-0.25, -0.2) is 0 Å². The highest BCUT2D eigenvalue weighted by Gasteiger charge is 2.46. The quantitative estimate of drug-likeness (QED) is 0.0433. The van der Waals surface area contributed by atoms with Gasteiger partial charge in [-0.3, -0.25) is 4.79 Å². The van der Waals surface area contributed by atoms with Crippen molar-refractivity contribution in [1.82, 2.24) is 0 Å². The first-order chi connectivity index (χ1) is 22.6. The Morgan fingerprint density at radius 3 is 1.81 bits per heavy atom. The fourth-order valence-electron chi connectivity index (χ4n) is 5.05. The minimum absolute atomic E-state index is 0.153. The Hall–Kier alpha value is -1.79. The Kier molecular flexibility index (Phi) is 20.7. The fourth-order valence-corrected chi connectivity index (χ4v) is 5.05. The molecule has 47 heavy (non-hydrogen) atoms. The van der Waals surface area contributed by atoms with Crippen LogP contribution in [0.5, 0.6) is 0 Å². The lowest BCUT2D eigenvalue weighted by Gasteiger charge is -2.41. The van der Waals surface area contributed by atoms with Crippen LogP contribution in [-0.4, -0.2) is 141 Å². The molecule has 0 aromatic heterocycles. The maximum atomic E-state index is 12.5. The third-order valence-corrected chi connectivity index (χ3v) is 7.93. The summed E-state index contributed by atoms with van der Waals surface area (Å²) in [6.45, 7) is -0.0880. The summed E-state index contributed by atoms with van der Waals surface area (Å²) in [6.07, 6.45) is 4.89. The van der Waals surface area contributed by atoms with Crippen molar-refractivity contribution in [1.29, 1.82) is 0 Å². The number of aliphatic hydroxyl groups excluding tert-OH is 8. The summed E-state index contributed by atoms with van der Waals surface area (Å²) in [7, 11) is 0. The van der Waals surface area contributed by atoms with Gasteiger partial charge in [0.05, 0.1) is 19.8 Å². The van der Waals surface area contributed by atoms with E-state index < -0.39 is 99.9 Å². The topological polar surface area (TPSA) is 225 Å². The number of carbonyl (C=O) groups is 1. The van der Waals surface area contributed by atoms with Gasteiger partial charge in [0.2, 0.25) is 0 Å². The molecule has 11 atom stereocenters. The van der Waals surface area contributed by atoms with Crippen LogP contribution in [0, 0.1) is 0 Å². The Bertz CT molecular complexity index is 925. The third kappa shape index (κ3) is 14.7.